The molecule has 3 atom stereocenters. The van der Waals surface area contributed by atoms with Gasteiger partial charge in [0, 0.05) is 6.42 Å². The predicted molar refractivity (Wildman–Crippen MR) is 204 cm³/mol. The van der Waals surface area contributed by atoms with Gasteiger partial charge in [0.15, 0.2) is 0 Å². The lowest BCUT2D eigenvalue weighted by atomic mass is 9.99. The number of rotatable bonds is 38. The summed E-state index contributed by atoms with van der Waals surface area (Å²) in [5.41, 5.74) is 0. The maximum absolute atomic E-state index is 12.4. The average molecular weight is 666 g/mol. The normalized spacial score (nSPS) is 13.7. The Balaban J connectivity index is 3.58. The van der Waals surface area contributed by atoms with Crippen molar-refractivity contribution in [3.8, 4) is 0 Å². The van der Waals surface area contributed by atoms with Gasteiger partial charge in [0.2, 0.25) is 5.91 Å². The molecule has 0 saturated carbocycles. The van der Waals surface area contributed by atoms with Gasteiger partial charge >= 0.3 is 0 Å². The van der Waals surface area contributed by atoms with E-state index in [1.807, 2.05) is 0 Å². The molecule has 0 fully saturated rings. The summed E-state index contributed by atoms with van der Waals surface area (Å²) in [6.45, 7) is 4.16. The molecule has 0 bridgehead atoms. The maximum atomic E-state index is 12.4. The summed E-state index contributed by atoms with van der Waals surface area (Å²) in [4.78, 5) is 12.4. The molecule has 1 amide bonds. The Bertz CT molecular complexity index is 655. The highest BCUT2D eigenvalue weighted by Crippen LogP contribution is 2.16. The Labute approximate surface area is 293 Å². The van der Waals surface area contributed by atoms with Crippen molar-refractivity contribution in [3.05, 3.63) is 12.2 Å². The highest BCUT2D eigenvalue weighted by molar-refractivity contribution is 5.76. The monoisotopic (exact) mass is 666 g/mol. The van der Waals surface area contributed by atoms with Crippen molar-refractivity contribution >= 4 is 5.91 Å². The van der Waals surface area contributed by atoms with Crippen LogP contribution in [0.25, 0.3) is 0 Å². The van der Waals surface area contributed by atoms with Crippen molar-refractivity contribution in [3.63, 3.8) is 0 Å². The van der Waals surface area contributed by atoms with E-state index in [-0.39, 0.29) is 12.5 Å². The third kappa shape index (κ3) is 33.4. The molecule has 4 N–H and O–H groups in total. The van der Waals surface area contributed by atoms with E-state index in [1.165, 1.54) is 161 Å². The van der Waals surface area contributed by atoms with Crippen LogP contribution in [0.4, 0.5) is 0 Å². The molecule has 280 valence electrons. The Morgan fingerprint density at radius 1 is 0.511 bits per heavy atom. The van der Waals surface area contributed by atoms with Crippen molar-refractivity contribution in [1.82, 2.24) is 5.32 Å². The van der Waals surface area contributed by atoms with Gasteiger partial charge in [-0.2, -0.15) is 0 Å². The molecule has 0 aliphatic rings. The number of amides is 1. The van der Waals surface area contributed by atoms with Crippen LogP contribution >= 0.6 is 0 Å². The minimum Gasteiger partial charge on any atom is -0.394 e. The lowest BCUT2D eigenvalue weighted by Crippen LogP contribution is -2.50. The number of aliphatic hydroxyl groups excluding tert-OH is 3. The average Bonchev–Trinajstić information content (AvgIpc) is 3.07. The van der Waals surface area contributed by atoms with E-state index >= 15 is 0 Å². The van der Waals surface area contributed by atoms with Gasteiger partial charge in [-0.3, -0.25) is 4.79 Å². The first-order chi connectivity index (χ1) is 23.1. The van der Waals surface area contributed by atoms with Crippen LogP contribution in [0, 0.1) is 0 Å². The Morgan fingerprint density at radius 3 is 1.23 bits per heavy atom. The second-order valence-corrected chi connectivity index (χ2v) is 14.5. The van der Waals surface area contributed by atoms with Crippen LogP contribution in [0.3, 0.4) is 0 Å². The van der Waals surface area contributed by atoms with Crippen molar-refractivity contribution in [2.75, 3.05) is 6.61 Å². The van der Waals surface area contributed by atoms with E-state index < -0.39 is 18.2 Å². The fourth-order valence-electron chi connectivity index (χ4n) is 6.57. The van der Waals surface area contributed by atoms with E-state index in [9.17, 15) is 20.1 Å². The standard InChI is InChI=1S/C42H83NO4/c1-3-5-7-9-11-13-15-16-17-18-19-20-21-22-23-24-25-26-27-29-31-33-35-37-41(46)43-39(38-44)42(47)40(45)36-34-32-30-28-14-12-10-8-6-4-2/h22-23,39-40,42,44-45,47H,3-21,24-38H2,1-2H3,(H,43,46)/b23-22-. The molecular weight excluding hydrogens is 582 g/mol. The fraction of sp³-hybridized carbons (Fsp3) is 0.929. The van der Waals surface area contributed by atoms with Crippen LogP contribution in [0.5, 0.6) is 0 Å². The van der Waals surface area contributed by atoms with Crippen LogP contribution in [0.15, 0.2) is 12.2 Å². The van der Waals surface area contributed by atoms with Crippen LogP contribution in [-0.4, -0.2) is 46.1 Å². The second-order valence-electron chi connectivity index (χ2n) is 14.5. The molecule has 3 unspecified atom stereocenters. The largest absolute Gasteiger partial charge is 0.394 e. The summed E-state index contributed by atoms with van der Waals surface area (Å²) in [5, 5.41) is 33.4. The van der Waals surface area contributed by atoms with E-state index in [0.29, 0.717) is 12.8 Å². The van der Waals surface area contributed by atoms with Gasteiger partial charge in [-0.15, -0.1) is 0 Å². The fourth-order valence-corrected chi connectivity index (χ4v) is 6.57. The Hall–Kier alpha value is -0.910. The summed E-state index contributed by atoms with van der Waals surface area (Å²) in [6.07, 6.45) is 43.2. The summed E-state index contributed by atoms with van der Waals surface area (Å²) in [6, 6.07) is -0.806. The summed E-state index contributed by atoms with van der Waals surface area (Å²) >= 11 is 0. The SMILES string of the molecule is CCCCCCCCCCCCCC/C=C\CCCCCCCCCC(=O)NC(CO)C(O)C(O)CCCCCCCCCCCC. The van der Waals surface area contributed by atoms with Crippen molar-refractivity contribution in [2.45, 2.75) is 244 Å². The molecule has 0 heterocycles. The molecule has 0 spiro atoms. The number of carbonyl (C=O) groups is 1. The smallest absolute Gasteiger partial charge is 0.220 e. The number of hydrogen-bond donors (Lipinski definition) is 4. The van der Waals surface area contributed by atoms with Gasteiger partial charge in [0.25, 0.3) is 0 Å². The van der Waals surface area contributed by atoms with Crippen LogP contribution in [0.1, 0.15) is 226 Å². The van der Waals surface area contributed by atoms with E-state index in [4.69, 9.17) is 0 Å². The molecule has 0 radical (unpaired) electrons. The van der Waals surface area contributed by atoms with Crippen LogP contribution in [0.2, 0.25) is 0 Å². The molecule has 5 nitrogen and oxygen atoms in total. The van der Waals surface area contributed by atoms with Gasteiger partial charge in [-0.25, -0.2) is 0 Å². The second kappa shape index (κ2) is 37.9. The molecular formula is C42H83NO4. The van der Waals surface area contributed by atoms with Crippen molar-refractivity contribution in [2.24, 2.45) is 0 Å². The first kappa shape index (κ1) is 46.1. The number of aliphatic hydroxyl groups is 3. The topological polar surface area (TPSA) is 89.8 Å². The first-order valence-corrected chi connectivity index (χ1v) is 21.0. The van der Waals surface area contributed by atoms with Gasteiger partial charge in [-0.1, -0.05) is 193 Å². The zero-order valence-electron chi connectivity index (χ0n) is 31.7. The molecule has 0 rings (SSSR count). The summed E-state index contributed by atoms with van der Waals surface area (Å²) in [7, 11) is 0. The van der Waals surface area contributed by atoms with E-state index in [2.05, 4.69) is 31.3 Å². The maximum Gasteiger partial charge on any atom is 0.220 e. The summed E-state index contributed by atoms with van der Waals surface area (Å²) < 4.78 is 0. The molecule has 0 aromatic carbocycles. The lowest BCUT2D eigenvalue weighted by Gasteiger charge is -2.26. The molecule has 5 heteroatoms. The highest BCUT2D eigenvalue weighted by Gasteiger charge is 2.26. The summed E-state index contributed by atoms with van der Waals surface area (Å²) in [5.74, 6) is -0.149. The van der Waals surface area contributed by atoms with Crippen LogP contribution in [-0.2, 0) is 4.79 Å². The molecule has 0 aromatic heterocycles. The number of hydrogen-bond acceptors (Lipinski definition) is 4. The molecule has 0 aliphatic carbocycles. The van der Waals surface area contributed by atoms with E-state index in [0.717, 1.165) is 38.5 Å². The van der Waals surface area contributed by atoms with Crippen LogP contribution < -0.4 is 5.32 Å². The van der Waals surface area contributed by atoms with Gasteiger partial charge in [0.1, 0.15) is 6.10 Å². The van der Waals surface area contributed by atoms with Crippen molar-refractivity contribution < 1.29 is 20.1 Å². The van der Waals surface area contributed by atoms with Gasteiger partial charge in [0.05, 0.1) is 18.8 Å². The molecule has 0 aromatic rings. The lowest BCUT2D eigenvalue weighted by molar-refractivity contribution is -0.124. The molecule has 0 saturated heterocycles. The van der Waals surface area contributed by atoms with Crippen molar-refractivity contribution in [1.29, 1.82) is 0 Å². The van der Waals surface area contributed by atoms with Gasteiger partial charge < -0.3 is 20.6 Å². The minimum absolute atomic E-state index is 0.149. The molecule has 47 heavy (non-hydrogen) atoms. The molecule has 0 aliphatic heterocycles. The first-order valence-electron chi connectivity index (χ1n) is 21.0. The zero-order valence-corrected chi connectivity index (χ0v) is 31.7. The number of carbonyl (C=O) groups excluding carboxylic acids is 1. The quantitative estimate of drug-likeness (QED) is 0.0390. The van der Waals surface area contributed by atoms with E-state index in [1.54, 1.807) is 0 Å². The number of nitrogens with one attached hydrogen (secondary N) is 1. The Kier molecular flexibility index (Phi) is 37.2. The zero-order chi connectivity index (χ0) is 34.5. The minimum atomic E-state index is -1.13. The highest BCUT2D eigenvalue weighted by atomic mass is 16.3. The Morgan fingerprint density at radius 2 is 0.851 bits per heavy atom. The third-order valence-electron chi connectivity index (χ3n) is 9.87. The number of unbranched alkanes of at least 4 members (excludes halogenated alkanes) is 28. The predicted octanol–water partition coefficient (Wildman–Crippen LogP) is 11.7. The number of allylic oxidation sites excluding steroid dienone is 2. The van der Waals surface area contributed by atoms with Gasteiger partial charge in [-0.05, 0) is 38.5 Å². The third-order valence-corrected chi connectivity index (χ3v) is 9.87.